The van der Waals surface area contributed by atoms with E-state index in [1.54, 1.807) is 7.05 Å². The summed E-state index contributed by atoms with van der Waals surface area (Å²) in [7, 11) is 1.65. The van der Waals surface area contributed by atoms with E-state index in [0.29, 0.717) is 19.6 Å². The molecule has 1 heterocycles. The third kappa shape index (κ3) is 2.07. The molecule has 0 spiro atoms. The van der Waals surface area contributed by atoms with Gasteiger partial charge in [0.2, 0.25) is 0 Å². The van der Waals surface area contributed by atoms with Gasteiger partial charge in [0, 0.05) is 19.9 Å². The van der Waals surface area contributed by atoms with Crippen LogP contribution in [0.5, 0.6) is 0 Å². The fourth-order valence-corrected chi connectivity index (χ4v) is 3.24. The normalized spacial score (nSPS) is 25.1. The fourth-order valence-electron chi connectivity index (χ4n) is 3.24. The predicted molar refractivity (Wildman–Crippen MR) is 72.5 cm³/mol. The summed E-state index contributed by atoms with van der Waals surface area (Å²) in [5.41, 5.74) is 1.91. The van der Waals surface area contributed by atoms with Crippen molar-refractivity contribution in [3.05, 3.63) is 35.4 Å². The molecule has 1 N–H and O–H groups in total. The van der Waals surface area contributed by atoms with Crippen LogP contribution in [0, 0.1) is 0 Å². The number of likely N-dealkylation sites (N-methyl/N-ethyl adjacent to an activating group) is 1. The molecule has 1 saturated heterocycles. The van der Waals surface area contributed by atoms with E-state index in [-0.39, 0.29) is 6.29 Å². The van der Waals surface area contributed by atoms with Gasteiger partial charge < -0.3 is 19.5 Å². The van der Waals surface area contributed by atoms with Gasteiger partial charge in [0.15, 0.2) is 6.29 Å². The smallest absolute Gasteiger partial charge is 0.407 e. The van der Waals surface area contributed by atoms with Crippen molar-refractivity contribution in [3.8, 4) is 0 Å². The first kappa shape index (κ1) is 13.4. The van der Waals surface area contributed by atoms with Gasteiger partial charge in [-0.25, -0.2) is 4.79 Å². The highest BCUT2D eigenvalue weighted by atomic mass is 16.7. The highest BCUT2D eigenvalue weighted by Crippen LogP contribution is 2.47. The van der Waals surface area contributed by atoms with Crippen LogP contribution in [0.3, 0.4) is 0 Å². The van der Waals surface area contributed by atoms with E-state index in [9.17, 15) is 9.90 Å². The van der Waals surface area contributed by atoms with E-state index in [1.807, 2.05) is 18.2 Å². The monoisotopic (exact) mass is 277 g/mol. The van der Waals surface area contributed by atoms with Crippen LogP contribution in [0.4, 0.5) is 4.79 Å². The van der Waals surface area contributed by atoms with E-state index >= 15 is 0 Å². The second kappa shape index (κ2) is 5.07. The van der Waals surface area contributed by atoms with Gasteiger partial charge in [-0.15, -0.1) is 0 Å². The zero-order chi connectivity index (χ0) is 14.2. The molecule has 1 aliphatic heterocycles. The summed E-state index contributed by atoms with van der Waals surface area (Å²) < 4.78 is 10.9. The molecule has 2 aliphatic rings. The minimum Gasteiger partial charge on any atom is -0.465 e. The molecule has 1 aromatic rings. The Morgan fingerprint density at radius 2 is 2.10 bits per heavy atom. The molecule has 1 aromatic carbocycles. The van der Waals surface area contributed by atoms with E-state index in [2.05, 4.69) is 6.07 Å². The molecule has 1 atom stereocenters. The van der Waals surface area contributed by atoms with E-state index in [0.717, 1.165) is 18.4 Å². The van der Waals surface area contributed by atoms with Crippen LogP contribution in [-0.2, 0) is 21.4 Å². The van der Waals surface area contributed by atoms with E-state index in [1.165, 1.54) is 10.5 Å². The molecule has 0 radical (unpaired) electrons. The van der Waals surface area contributed by atoms with Crippen LogP contribution in [0.2, 0.25) is 0 Å². The lowest BCUT2D eigenvalue weighted by Crippen LogP contribution is -2.54. The van der Waals surface area contributed by atoms with Gasteiger partial charge in [-0.05, 0) is 17.5 Å². The number of carboxylic acid groups (broad SMARTS) is 1. The lowest BCUT2D eigenvalue weighted by Gasteiger charge is -2.49. The van der Waals surface area contributed by atoms with Crippen LogP contribution in [0.25, 0.3) is 0 Å². The molecule has 1 fully saturated rings. The molecule has 1 unspecified atom stereocenters. The van der Waals surface area contributed by atoms with Crippen molar-refractivity contribution in [1.29, 1.82) is 0 Å². The number of carbonyl (C=O) groups is 1. The number of amides is 1. The average Bonchev–Trinajstić information content (AvgIpc) is 2.93. The van der Waals surface area contributed by atoms with Crippen molar-refractivity contribution in [2.24, 2.45) is 0 Å². The first-order valence-corrected chi connectivity index (χ1v) is 6.92. The number of nitrogens with zero attached hydrogens (tertiary/aromatic N) is 1. The van der Waals surface area contributed by atoms with Crippen LogP contribution < -0.4 is 0 Å². The lowest BCUT2D eigenvalue weighted by molar-refractivity contribution is -0.0590. The van der Waals surface area contributed by atoms with Gasteiger partial charge in [-0.1, -0.05) is 24.3 Å². The number of hydrogen-bond acceptors (Lipinski definition) is 3. The molecule has 5 nitrogen and oxygen atoms in total. The number of ether oxygens (including phenoxy) is 2. The van der Waals surface area contributed by atoms with Crippen molar-refractivity contribution < 1.29 is 19.4 Å². The molecule has 0 bridgehead atoms. The highest BCUT2D eigenvalue weighted by molar-refractivity contribution is 5.68. The van der Waals surface area contributed by atoms with Gasteiger partial charge in [0.05, 0.1) is 18.8 Å². The quantitative estimate of drug-likeness (QED) is 0.916. The third-order valence-electron chi connectivity index (χ3n) is 4.42. The average molecular weight is 277 g/mol. The van der Waals surface area contributed by atoms with Crippen LogP contribution >= 0.6 is 0 Å². The Hall–Kier alpha value is -1.59. The second-order valence-electron chi connectivity index (χ2n) is 5.42. The molecular formula is C15H19NO4. The van der Waals surface area contributed by atoms with Gasteiger partial charge in [-0.3, -0.25) is 0 Å². The maximum absolute atomic E-state index is 11.4. The molecule has 108 valence electrons. The van der Waals surface area contributed by atoms with Gasteiger partial charge in [0.1, 0.15) is 0 Å². The SMILES string of the molecule is CN(C(=O)O)C1(CCC2OCCO2)Cc2ccccc21. The summed E-state index contributed by atoms with van der Waals surface area (Å²) in [5.74, 6) is 0. The number of benzene rings is 1. The zero-order valence-corrected chi connectivity index (χ0v) is 11.5. The Morgan fingerprint density at radius 3 is 2.75 bits per heavy atom. The van der Waals surface area contributed by atoms with Gasteiger partial charge in [0.25, 0.3) is 0 Å². The molecular weight excluding hydrogens is 258 g/mol. The molecule has 0 aromatic heterocycles. The number of fused-ring (bicyclic) bond motifs is 1. The maximum atomic E-state index is 11.4. The number of hydrogen-bond donors (Lipinski definition) is 1. The molecule has 5 heteroatoms. The maximum Gasteiger partial charge on any atom is 0.407 e. The minimum atomic E-state index is -0.896. The Morgan fingerprint density at radius 1 is 1.40 bits per heavy atom. The molecule has 0 saturated carbocycles. The standard InChI is InChI=1S/C15H19NO4/c1-16(14(17)18)15(7-6-13-19-8-9-20-13)10-11-4-2-3-5-12(11)15/h2-5,13H,6-10H2,1H3,(H,17,18). The molecule has 3 rings (SSSR count). The van der Waals surface area contributed by atoms with Crippen LogP contribution in [0.15, 0.2) is 24.3 Å². The largest absolute Gasteiger partial charge is 0.465 e. The Bertz CT molecular complexity index is 512. The fraction of sp³-hybridized carbons (Fsp3) is 0.533. The van der Waals surface area contributed by atoms with Crippen LogP contribution in [-0.4, -0.2) is 42.7 Å². The highest BCUT2D eigenvalue weighted by Gasteiger charge is 2.47. The van der Waals surface area contributed by atoms with E-state index in [4.69, 9.17) is 9.47 Å². The van der Waals surface area contributed by atoms with Crippen molar-refractivity contribution in [1.82, 2.24) is 4.90 Å². The molecule has 20 heavy (non-hydrogen) atoms. The van der Waals surface area contributed by atoms with Crippen LogP contribution in [0.1, 0.15) is 24.0 Å². The Balaban J connectivity index is 1.80. The predicted octanol–water partition coefficient (Wildman–Crippen LogP) is 2.20. The minimum absolute atomic E-state index is 0.193. The van der Waals surface area contributed by atoms with Crippen molar-refractivity contribution in [2.45, 2.75) is 31.1 Å². The lowest BCUT2D eigenvalue weighted by atomic mass is 9.67. The third-order valence-corrected chi connectivity index (χ3v) is 4.42. The summed E-state index contributed by atoms with van der Waals surface area (Å²) in [6.45, 7) is 1.26. The number of rotatable bonds is 4. The molecule has 1 amide bonds. The van der Waals surface area contributed by atoms with Crippen molar-refractivity contribution >= 4 is 6.09 Å². The Labute approximate surface area is 118 Å². The van der Waals surface area contributed by atoms with Gasteiger partial charge >= 0.3 is 6.09 Å². The first-order valence-electron chi connectivity index (χ1n) is 6.92. The first-order chi connectivity index (χ1) is 9.63. The van der Waals surface area contributed by atoms with Gasteiger partial charge in [-0.2, -0.15) is 0 Å². The summed E-state index contributed by atoms with van der Waals surface area (Å²) in [4.78, 5) is 12.8. The summed E-state index contributed by atoms with van der Waals surface area (Å²) in [6.07, 6.45) is 1.11. The second-order valence-corrected chi connectivity index (χ2v) is 5.42. The zero-order valence-electron chi connectivity index (χ0n) is 11.5. The summed E-state index contributed by atoms with van der Waals surface area (Å²) >= 11 is 0. The van der Waals surface area contributed by atoms with E-state index < -0.39 is 11.6 Å². The summed E-state index contributed by atoms with van der Waals surface area (Å²) in [5, 5.41) is 9.36. The summed E-state index contributed by atoms with van der Waals surface area (Å²) in [6, 6.07) is 8.04. The Kier molecular flexibility index (Phi) is 3.40. The van der Waals surface area contributed by atoms with Crippen molar-refractivity contribution in [3.63, 3.8) is 0 Å². The topological polar surface area (TPSA) is 59.0 Å². The molecule has 1 aliphatic carbocycles. The van der Waals surface area contributed by atoms with Crippen molar-refractivity contribution in [2.75, 3.05) is 20.3 Å².